The van der Waals surface area contributed by atoms with E-state index >= 15 is 0 Å². The predicted molar refractivity (Wildman–Crippen MR) is 83.5 cm³/mol. The summed E-state index contributed by atoms with van der Waals surface area (Å²) in [4.78, 5) is 23.6. The second-order valence-corrected chi connectivity index (χ2v) is 6.51. The van der Waals surface area contributed by atoms with E-state index in [2.05, 4.69) is 34.1 Å². The lowest BCUT2D eigenvalue weighted by Crippen LogP contribution is -2.44. The van der Waals surface area contributed by atoms with Gasteiger partial charge in [0.15, 0.2) is 5.16 Å². The van der Waals surface area contributed by atoms with Crippen LogP contribution >= 0.6 is 11.8 Å². The molecule has 0 radical (unpaired) electrons. The van der Waals surface area contributed by atoms with Crippen molar-refractivity contribution in [2.24, 2.45) is 11.8 Å². The number of hydrogen-bond acceptors (Lipinski definition) is 7. The maximum Gasteiger partial charge on any atom is 0.230 e. The van der Waals surface area contributed by atoms with Crippen LogP contribution in [0.3, 0.4) is 0 Å². The predicted octanol–water partition coefficient (Wildman–Crippen LogP) is 1.07. The van der Waals surface area contributed by atoms with Crippen LogP contribution in [0.25, 0.3) is 0 Å². The molecule has 0 bridgehead atoms. The van der Waals surface area contributed by atoms with Gasteiger partial charge in [-0.2, -0.15) is 15.0 Å². The van der Waals surface area contributed by atoms with Gasteiger partial charge in [-0.15, -0.1) is 0 Å². The van der Waals surface area contributed by atoms with Gasteiger partial charge in [0.2, 0.25) is 17.8 Å². The quantitative estimate of drug-likeness (QED) is 0.711. The fourth-order valence-electron chi connectivity index (χ4n) is 2.62. The van der Waals surface area contributed by atoms with Gasteiger partial charge in [0, 0.05) is 6.04 Å². The van der Waals surface area contributed by atoms with E-state index in [9.17, 15) is 4.79 Å². The molecule has 2 rings (SSSR count). The Morgan fingerprint density at radius 2 is 1.90 bits per heavy atom. The number of nitrogens with two attached hydrogens (primary N) is 2. The smallest absolute Gasteiger partial charge is 0.230 e. The van der Waals surface area contributed by atoms with Gasteiger partial charge in [0.25, 0.3) is 0 Å². The number of nitrogens with one attached hydrogen (secondary N) is 1. The van der Waals surface area contributed by atoms with Crippen molar-refractivity contribution >= 4 is 29.6 Å². The van der Waals surface area contributed by atoms with Gasteiger partial charge in [0.1, 0.15) is 0 Å². The van der Waals surface area contributed by atoms with Crippen molar-refractivity contribution in [1.82, 2.24) is 20.3 Å². The molecule has 1 aromatic rings. The Bertz CT molecular complexity index is 491. The third kappa shape index (κ3) is 4.45. The van der Waals surface area contributed by atoms with Crippen LogP contribution in [-0.2, 0) is 4.79 Å². The normalized spacial score (nSPS) is 25.5. The van der Waals surface area contributed by atoms with Crippen molar-refractivity contribution < 1.29 is 4.79 Å². The van der Waals surface area contributed by atoms with E-state index in [4.69, 9.17) is 11.5 Å². The first-order valence-corrected chi connectivity index (χ1v) is 8.13. The number of amides is 1. The van der Waals surface area contributed by atoms with Crippen molar-refractivity contribution in [2.45, 2.75) is 44.3 Å². The first kappa shape index (κ1) is 15.8. The molecular formula is C13H22N6OS. The molecule has 0 spiro atoms. The fourth-order valence-corrected chi connectivity index (χ4v) is 3.28. The monoisotopic (exact) mass is 310 g/mol. The number of rotatable bonds is 4. The van der Waals surface area contributed by atoms with Crippen LogP contribution in [0.2, 0.25) is 0 Å². The van der Waals surface area contributed by atoms with Crippen LogP contribution < -0.4 is 16.8 Å². The molecular weight excluding hydrogens is 288 g/mol. The van der Waals surface area contributed by atoms with Gasteiger partial charge in [-0.05, 0) is 18.3 Å². The van der Waals surface area contributed by atoms with Gasteiger partial charge >= 0.3 is 0 Å². The highest BCUT2D eigenvalue weighted by Crippen LogP contribution is 2.29. The summed E-state index contributed by atoms with van der Waals surface area (Å²) >= 11 is 1.21. The molecule has 1 aromatic heterocycles. The third-order valence-corrected chi connectivity index (χ3v) is 4.88. The Morgan fingerprint density at radius 1 is 1.24 bits per heavy atom. The maximum absolute atomic E-state index is 12.0. The number of nitrogen functional groups attached to an aromatic ring is 2. The number of carbonyl (C=O) groups is 1. The summed E-state index contributed by atoms with van der Waals surface area (Å²) in [7, 11) is 0. The lowest BCUT2D eigenvalue weighted by molar-refractivity contribution is -0.120. The van der Waals surface area contributed by atoms with Crippen LogP contribution in [0.15, 0.2) is 5.16 Å². The summed E-state index contributed by atoms with van der Waals surface area (Å²) in [6, 6.07) is 0.260. The Kier molecular flexibility index (Phi) is 5.22. The summed E-state index contributed by atoms with van der Waals surface area (Å²) < 4.78 is 0. The van der Waals surface area contributed by atoms with E-state index in [0.29, 0.717) is 17.0 Å². The minimum atomic E-state index is -0.0106. The van der Waals surface area contributed by atoms with E-state index in [1.807, 2.05) is 0 Å². The Morgan fingerprint density at radius 3 is 2.57 bits per heavy atom. The Balaban J connectivity index is 1.84. The second-order valence-electron chi connectivity index (χ2n) is 5.56. The summed E-state index contributed by atoms with van der Waals surface area (Å²) in [5.41, 5.74) is 11.0. The fraction of sp³-hybridized carbons (Fsp3) is 0.692. The topological polar surface area (TPSA) is 120 Å². The van der Waals surface area contributed by atoms with Crippen LogP contribution in [0, 0.1) is 11.8 Å². The van der Waals surface area contributed by atoms with Crippen LogP contribution in [0.5, 0.6) is 0 Å². The number of thioether (sulfide) groups is 1. The van der Waals surface area contributed by atoms with Gasteiger partial charge in [-0.1, -0.05) is 38.5 Å². The molecule has 1 saturated carbocycles. The van der Waals surface area contributed by atoms with Crippen molar-refractivity contribution in [1.29, 1.82) is 0 Å². The molecule has 1 aliphatic rings. The molecule has 3 atom stereocenters. The van der Waals surface area contributed by atoms with E-state index in [1.165, 1.54) is 24.6 Å². The molecule has 0 saturated heterocycles. The standard InChI is InChI=1S/C13H22N6OS/c1-7-4-3-5-9(8(7)2)16-10(20)6-21-13-18-11(14)17-12(15)19-13/h7-9H,3-6H2,1-2H3,(H,16,20)(H4,14,15,17,18,19)/t7-,8+,9-/m0/s1. The average molecular weight is 310 g/mol. The van der Waals surface area contributed by atoms with Gasteiger partial charge in [0.05, 0.1) is 5.75 Å². The zero-order valence-corrected chi connectivity index (χ0v) is 13.2. The average Bonchev–Trinajstić information content (AvgIpc) is 2.41. The van der Waals surface area contributed by atoms with Gasteiger partial charge in [-0.25, -0.2) is 0 Å². The molecule has 8 heteroatoms. The molecule has 1 heterocycles. The van der Waals surface area contributed by atoms with Crippen molar-refractivity contribution in [2.75, 3.05) is 17.2 Å². The zero-order chi connectivity index (χ0) is 15.4. The highest BCUT2D eigenvalue weighted by atomic mass is 32.2. The molecule has 116 valence electrons. The minimum absolute atomic E-state index is 0.0106. The first-order chi connectivity index (χ1) is 9.95. The largest absolute Gasteiger partial charge is 0.368 e. The molecule has 5 N–H and O–H groups in total. The number of hydrogen-bond donors (Lipinski definition) is 3. The lowest BCUT2D eigenvalue weighted by atomic mass is 9.78. The molecule has 0 aliphatic heterocycles. The van der Waals surface area contributed by atoms with Crippen LogP contribution in [-0.4, -0.2) is 32.7 Å². The summed E-state index contributed by atoms with van der Waals surface area (Å²) in [5.74, 6) is 1.54. The van der Waals surface area contributed by atoms with Gasteiger partial charge < -0.3 is 16.8 Å². The Hall–Kier alpha value is -1.57. The summed E-state index contributed by atoms with van der Waals surface area (Å²) in [6.45, 7) is 4.45. The minimum Gasteiger partial charge on any atom is -0.368 e. The number of aromatic nitrogens is 3. The molecule has 1 aliphatic carbocycles. The summed E-state index contributed by atoms with van der Waals surface area (Å²) in [5, 5.41) is 3.48. The first-order valence-electron chi connectivity index (χ1n) is 7.15. The molecule has 1 fully saturated rings. The van der Waals surface area contributed by atoms with Crippen molar-refractivity contribution in [3.63, 3.8) is 0 Å². The highest BCUT2D eigenvalue weighted by Gasteiger charge is 2.28. The zero-order valence-electron chi connectivity index (χ0n) is 12.4. The van der Waals surface area contributed by atoms with E-state index < -0.39 is 0 Å². The molecule has 0 aromatic carbocycles. The number of nitrogens with zero attached hydrogens (tertiary/aromatic N) is 3. The molecule has 1 amide bonds. The van der Waals surface area contributed by atoms with Crippen LogP contribution in [0.4, 0.5) is 11.9 Å². The van der Waals surface area contributed by atoms with E-state index in [-0.39, 0.29) is 29.6 Å². The second kappa shape index (κ2) is 6.93. The molecule has 21 heavy (non-hydrogen) atoms. The number of carbonyl (C=O) groups excluding carboxylic acids is 1. The number of anilines is 2. The van der Waals surface area contributed by atoms with E-state index in [0.717, 1.165) is 6.42 Å². The summed E-state index contributed by atoms with van der Waals surface area (Å²) in [6.07, 6.45) is 3.46. The van der Waals surface area contributed by atoms with Crippen molar-refractivity contribution in [3.05, 3.63) is 0 Å². The molecule has 0 unspecified atom stereocenters. The van der Waals surface area contributed by atoms with Crippen molar-refractivity contribution in [3.8, 4) is 0 Å². The van der Waals surface area contributed by atoms with E-state index in [1.54, 1.807) is 0 Å². The Labute approximate surface area is 128 Å². The van der Waals surface area contributed by atoms with Gasteiger partial charge in [-0.3, -0.25) is 4.79 Å². The molecule has 7 nitrogen and oxygen atoms in total. The maximum atomic E-state index is 12.0. The highest BCUT2D eigenvalue weighted by molar-refractivity contribution is 7.99. The SMILES string of the molecule is C[C@H]1[C@@H](NC(=O)CSc2nc(N)nc(N)n2)CCC[C@@H]1C. The van der Waals surface area contributed by atoms with Crippen LogP contribution in [0.1, 0.15) is 33.1 Å². The third-order valence-electron chi connectivity index (χ3n) is 4.04. The lowest BCUT2D eigenvalue weighted by Gasteiger charge is -2.34.